The highest BCUT2D eigenvalue weighted by molar-refractivity contribution is 8.13. The minimum atomic E-state index is -0.923. The van der Waals surface area contributed by atoms with Gasteiger partial charge in [0.1, 0.15) is 12.6 Å². The molecule has 1 N–H and O–H groups in total. The smallest absolute Gasteiger partial charge is 0.294 e. The molecule has 0 aromatic heterocycles. The Kier molecular flexibility index (Phi) is 4.35. The zero-order chi connectivity index (χ0) is 12.1. The Labute approximate surface area is 95.4 Å². The van der Waals surface area contributed by atoms with Crippen LogP contribution in [0.25, 0.3) is 0 Å². The molecule has 1 saturated heterocycles. The van der Waals surface area contributed by atoms with Crippen LogP contribution < -0.4 is 5.32 Å². The van der Waals surface area contributed by atoms with Gasteiger partial charge in [-0.05, 0) is 0 Å². The van der Waals surface area contributed by atoms with Crippen molar-refractivity contribution in [2.45, 2.75) is 6.04 Å². The molecule has 1 heterocycles. The van der Waals surface area contributed by atoms with Gasteiger partial charge in [0.2, 0.25) is 5.91 Å². The third-order valence-corrected chi connectivity index (χ3v) is 3.04. The van der Waals surface area contributed by atoms with E-state index in [1.165, 1.54) is 4.90 Å². The molecule has 16 heavy (non-hydrogen) atoms. The lowest BCUT2D eigenvalue weighted by molar-refractivity contribution is -0.757. The molecule has 1 aliphatic rings. The van der Waals surface area contributed by atoms with Crippen LogP contribution in [0, 0.1) is 10.1 Å². The largest absolute Gasteiger partial charge is 0.352 e. The number of nitrogens with zero attached hydrogens (tertiary/aromatic N) is 2. The molecular formula is C7H11N3O5S. The fraction of sp³-hybridized carbons (Fsp3) is 0.714. The highest BCUT2D eigenvalue weighted by Gasteiger charge is 2.33. The number of carbonyl (C=O) groups excluding carboxylic acids is 2. The van der Waals surface area contributed by atoms with Gasteiger partial charge >= 0.3 is 0 Å². The molecule has 90 valence electrons. The molecule has 0 aliphatic carbocycles. The molecule has 1 aliphatic heterocycles. The summed E-state index contributed by atoms with van der Waals surface area (Å²) in [5, 5.41) is 11.2. The van der Waals surface area contributed by atoms with E-state index in [9.17, 15) is 19.7 Å². The highest BCUT2D eigenvalue weighted by Crippen LogP contribution is 2.21. The van der Waals surface area contributed by atoms with Gasteiger partial charge < -0.3 is 15.1 Å². The molecule has 1 unspecified atom stereocenters. The van der Waals surface area contributed by atoms with Gasteiger partial charge in [0.25, 0.3) is 10.3 Å². The summed E-state index contributed by atoms with van der Waals surface area (Å²) in [4.78, 5) is 37.8. The first-order valence-corrected chi connectivity index (χ1v) is 5.45. The van der Waals surface area contributed by atoms with Crippen LogP contribution in [0.4, 0.5) is 4.79 Å². The first-order valence-electron chi connectivity index (χ1n) is 4.47. The maximum Gasteiger partial charge on any atom is 0.294 e. The zero-order valence-corrected chi connectivity index (χ0v) is 9.36. The third kappa shape index (κ3) is 3.26. The molecule has 0 bridgehead atoms. The van der Waals surface area contributed by atoms with E-state index >= 15 is 0 Å². The normalized spacial score (nSPS) is 19.7. The summed E-state index contributed by atoms with van der Waals surface area (Å²) in [6.45, 7) is -0.153. The van der Waals surface area contributed by atoms with Gasteiger partial charge in [-0.25, -0.2) is 0 Å². The Morgan fingerprint density at radius 3 is 3.00 bits per heavy atom. The molecule has 0 aromatic rings. The van der Waals surface area contributed by atoms with E-state index < -0.39 is 11.1 Å². The van der Waals surface area contributed by atoms with Crippen LogP contribution in [0.1, 0.15) is 0 Å². The summed E-state index contributed by atoms with van der Waals surface area (Å²) < 4.78 is 0. The Bertz CT molecular complexity index is 310. The molecule has 1 fully saturated rings. The number of nitrogens with one attached hydrogen (secondary N) is 1. The van der Waals surface area contributed by atoms with Crippen LogP contribution in [0.2, 0.25) is 0 Å². The number of rotatable bonds is 5. The summed E-state index contributed by atoms with van der Waals surface area (Å²) in [7, 11) is 1.54. The SMILES string of the molecule is CN1C(=O)SCC1C(=O)NCCO[N+](=O)[O-]. The predicted molar refractivity (Wildman–Crippen MR) is 55.4 cm³/mol. The van der Waals surface area contributed by atoms with Gasteiger partial charge in [-0.1, -0.05) is 11.8 Å². The highest BCUT2D eigenvalue weighted by atomic mass is 32.2. The van der Waals surface area contributed by atoms with Crippen molar-refractivity contribution in [2.24, 2.45) is 0 Å². The monoisotopic (exact) mass is 249 g/mol. The van der Waals surface area contributed by atoms with Gasteiger partial charge in [0, 0.05) is 19.3 Å². The average Bonchev–Trinajstić information content (AvgIpc) is 2.54. The quantitative estimate of drug-likeness (QED) is 0.399. The maximum atomic E-state index is 11.5. The molecule has 0 aromatic carbocycles. The van der Waals surface area contributed by atoms with E-state index in [2.05, 4.69) is 10.2 Å². The Morgan fingerprint density at radius 2 is 2.50 bits per heavy atom. The van der Waals surface area contributed by atoms with Crippen molar-refractivity contribution >= 4 is 22.9 Å². The van der Waals surface area contributed by atoms with E-state index in [1.54, 1.807) is 7.05 Å². The minimum Gasteiger partial charge on any atom is -0.352 e. The Morgan fingerprint density at radius 1 is 1.81 bits per heavy atom. The standard InChI is InChI=1S/C7H11N3O5S/c1-9-5(4-16-7(9)12)6(11)8-2-3-15-10(13)14/h5H,2-4H2,1H3,(H,8,11). The van der Waals surface area contributed by atoms with Crippen molar-refractivity contribution in [3.8, 4) is 0 Å². The summed E-state index contributed by atoms with van der Waals surface area (Å²) in [5.74, 6) is 0.0739. The van der Waals surface area contributed by atoms with E-state index in [0.29, 0.717) is 5.75 Å². The van der Waals surface area contributed by atoms with Crippen LogP contribution >= 0.6 is 11.8 Å². The second-order valence-corrected chi connectivity index (χ2v) is 4.02. The zero-order valence-electron chi connectivity index (χ0n) is 8.54. The van der Waals surface area contributed by atoms with Gasteiger partial charge in [-0.3, -0.25) is 9.59 Å². The average molecular weight is 249 g/mol. The van der Waals surface area contributed by atoms with E-state index in [4.69, 9.17) is 0 Å². The minimum absolute atomic E-state index is 0.0447. The molecule has 1 atom stereocenters. The van der Waals surface area contributed by atoms with Crippen molar-refractivity contribution in [1.82, 2.24) is 10.2 Å². The Hall–Kier alpha value is -1.51. The topological polar surface area (TPSA) is 102 Å². The first kappa shape index (κ1) is 12.6. The van der Waals surface area contributed by atoms with Crippen LogP contribution in [0.15, 0.2) is 0 Å². The van der Waals surface area contributed by atoms with E-state index in [0.717, 1.165) is 11.8 Å². The predicted octanol–water partition coefficient (Wildman–Crippen LogP) is -0.522. The second kappa shape index (κ2) is 5.54. The molecule has 8 nitrogen and oxygen atoms in total. The van der Waals surface area contributed by atoms with Crippen LogP contribution in [0.5, 0.6) is 0 Å². The van der Waals surface area contributed by atoms with Crippen molar-refractivity contribution in [3.63, 3.8) is 0 Å². The number of carbonyl (C=O) groups is 2. The molecule has 0 spiro atoms. The van der Waals surface area contributed by atoms with Gasteiger partial charge in [-0.15, -0.1) is 10.1 Å². The molecule has 0 saturated carbocycles. The number of thioether (sulfide) groups is 1. The van der Waals surface area contributed by atoms with Crippen molar-refractivity contribution in [1.29, 1.82) is 0 Å². The summed E-state index contributed by atoms with van der Waals surface area (Å²) in [6.07, 6.45) is 0. The number of hydrogen-bond donors (Lipinski definition) is 1. The number of hydrogen-bond acceptors (Lipinski definition) is 6. The summed E-state index contributed by atoms with van der Waals surface area (Å²) >= 11 is 1.07. The fourth-order valence-electron chi connectivity index (χ4n) is 1.15. The summed E-state index contributed by atoms with van der Waals surface area (Å²) in [5.41, 5.74) is 0. The van der Waals surface area contributed by atoms with Crippen LogP contribution in [-0.4, -0.2) is 53.1 Å². The molecular weight excluding hydrogens is 238 g/mol. The van der Waals surface area contributed by atoms with Crippen molar-refractivity contribution < 1.29 is 19.5 Å². The number of likely N-dealkylation sites (N-methyl/N-ethyl adjacent to an activating group) is 1. The first-order chi connectivity index (χ1) is 7.52. The van der Waals surface area contributed by atoms with Gasteiger partial charge in [-0.2, -0.15) is 0 Å². The third-order valence-electron chi connectivity index (χ3n) is 2.02. The van der Waals surface area contributed by atoms with Crippen molar-refractivity contribution in [2.75, 3.05) is 26.0 Å². The summed E-state index contributed by atoms with van der Waals surface area (Å²) in [6, 6.07) is -0.506. The van der Waals surface area contributed by atoms with Crippen LogP contribution in [0.3, 0.4) is 0 Å². The van der Waals surface area contributed by atoms with E-state index in [1.807, 2.05) is 0 Å². The van der Waals surface area contributed by atoms with E-state index in [-0.39, 0.29) is 24.3 Å². The second-order valence-electron chi connectivity index (χ2n) is 3.05. The van der Waals surface area contributed by atoms with Gasteiger partial charge in [0.05, 0.1) is 0 Å². The van der Waals surface area contributed by atoms with Crippen LogP contribution in [-0.2, 0) is 9.63 Å². The lowest BCUT2D eigenvalue weighted by Crippen LogP contribution is -2.44. The fourth-order valence-corrected chi connectivity index (χ4v) is 2.16. The van der Waals surface area contributed by atoms with Gasteiger partial charge in [0.15, 0.2) is 0 Å². The van der Waals surface area contributed by atoms with Crippen molar-refractivity contribution in [3.05, 3.63) is 10.1 Å². The molecule has 2 amide bonds. The molecule has 9 heteroatoms. The maximum absolute atomic E-state index is 11.5. The lowest BCUT2D eigenvalue weighted by Gasteiger charge is -2.17. The molecule has 1 rings (SSSR count). The number of amides is 2. The lowest BCUT2D eigenvalue weighted by atomic mass is 10.3. The molecule has 0 radical (unpaired) electrons. The Balaban J connectivity index is 2.25.